The first-order valence-corrected chi connectivity index (χ1v) is 9.64. The Morgan fingerprint density at radius 3 is 2.96 bits per heavy atom. The Bertz CT molecular complexity index is 754. The van der Waals surface area contributed by atoms with Gasteiger partial charge < -0.3 is 0 Å². The summed E-state index contributed by atoms with van der Waals surface area (Å²) in [5.74, 6) is 0.529. The molecule has 1 atom stereocenters. The third kappa shape index (κ3) is 3.65. The van der Waals surface area contributed by atoms with E-state index in [0.717, 1.165) is 18.5 Å². The average Bonchev–Trinajstić information content (AvgIpc) is 2.96. The summed E-state index contributed by atoms with van der Waals surface area (Å²) in [4.78, 5) is 18.3. The van der Waals surface area contributed by atoms with Crippen molar-refractivity contribution in [3.05, 3.63) is 45.4 Å². The molecule has 1 unspecified atom stereocenters. The van der Waals surface area contributed by atoms with E-state index in [1.54, 1.807) is 35.6 Å². The highest BCUT2D eigenvalue weighted by Crippen LogP contribution is 2.42. The van der Waals surface area contributed by atoms with Crippen LogP contribution in [0.1, 0.15) is 54.5 Å². The van der Waals surface area contributed by atoms with Gasteiger partial charge in [-0.2, -0.15) is 0 Å². The molecule has 1 aliphatic rings. The van der Waals surface area contributed by atoms with Gasteiger partial charge >= 0.3 is 0 Å². The van der Waals surface area contributed by atoms with Crippen LogP contribution >= 0.6 is 22.9 Å². The number of nitrogens with one attached hydrogen (secondary N) is 1. The molecule has 1 N–H and O–H groups in total. The number of halogens is 1. The Hall–Kier alpha value is -1.39. The molecule has 1 aromatic carbocycles. The van der Waals surface area contributed by atoms with E-state index in [-0.39, 0.29) is 5.91 Å². The fourth-order valence-corrected chi connectivity index (χ4v) is 4.46. The second-order valence-corrected chi connectivity index (χ2v) is 8.66. The molecule has 3 rings (SSSR count). The van der Waals surface area contributed by atoms with Crippen molar-refractivity contribution in [2.45, 2.75) is 46.5 Å². The quantitative estimate of drug-likeness (QED) is 0.770. The minimum atomic E-state index is -0.158. The number of nitrogens with zero attached hydrogens (tertiary/aromatic N) is 1. The minimum absolute atomic E-state index is 0.158. The number of carbonyl (C=O) groups is 1. The van der Waals surface area contributed by atoms with E-state index < -0.39 is 0 Å². The maximum atomic E-state index is 12.3. The molecule has 1 aromatic heterocycles. The first-order valence-electron chi connectivity index (χ1n) is 8.44. The van der Waals surface area contributed by atoms with E-state index in [9.17, 15) is 4.79 Å². The monoisotopic (exact) mass is 362 g/mol. The van der Waals surface area contributed by atoms with Gasteiger partial charge in [-0.1, -0.05) is 44.9 Å². The molecule has 24 heavy (non-hydrogen) atoms. The Balaban J connectivity index is 1.73. The highest BCUT2D eigenvalue weighted by atomic mass is 35.5. The van der Waals surface area contributed by atoms with Gasteiger partial charge in [0, 0.05) is 15.5 Å². The molecular weight excluding hydrogens is 340 g/mol. The van der Waals surface area contributed by atoms with Crippen LogP contribution in [0, 0.1) is 11.3 Å². The predicted octanol–water partition coefficient (Wildman–Crippen LogP) is 5.59. The van der Waals surface area contributed by atoms with Crippen LogP contribution in [0.4, 0.5) is 5.13 Å². The smallest absolute Gasteiger partial charge is 0.257 e. The van der Waals surface area contributed by atoms with Crippen LogP contribution in [0.3, 0.4) is 0 Å². The average molecular weight is 363 g/mol. The zero-order valence-corrected chi connectivity index (χ0v) is 15.9. The molecule has 0 bridgehead atoms. The highest BCUT2D eigenvalue weighted by Gasteiger charge is 2.32. The van der Waals surface area contributed by atoms with Gasteiger partial charge in [-0.3, -0.25) is 10.1 Å². The number of benzene rings is 1. The number of hydrogen-bond acceptors (Lipinski definition) is 3. The van der Waals surface area contributed by atoms with Crippen molar-refractivity contribution in [1.82, 2.24) is 4.98 Å². The molecule has 1 aliphatic carbocycles. The molecule has 0 saturated carbocycles. The molecule has 0 saturated heterocycles. The van der Waals surface area contributed by atoms with Gasteiger partial charge in [-0.05, 0) is 48.8 Å². The maximum absolute atomic E-state index is 12.3. The second-order valence-electron chi connectivity index (χ2n) is 7.14. The molecule has 0 radical (unpaired) electrons. The number of carbonyl (C=O) groups excluding carboxylic acids is 1. The molecule has 0 aliphatic heterocycles. The van der Waals surface area contributed by atoms with Gasteiger partial charge in [0.1, 0.15) is 0 Å². The maximum Gasteiger partial charge on any atom is 0.257 e. The Morgan fingerprint density at radius 2 is 2.25 bits per heavy atom. The van der Waals surface area contributed by atoms with Crippen molar-refractivity contribution in [2.75, 3.05) is 5.32 Å². The van der Waals surface area contributed by atoms with Gasteiger partial charge in [0.15, 0.2) is 5.13 Å². The topological polar surface area (TPSA) is 42.0 Å². The van der Waals surface area contributed by atoms with Crippen molar-refractivity contribution in [3.8, 4) is 0 Å². The Morgan fingerprint density at radius 1 is 1.46 bits per heavy atom. The number of rotatable bonds is 4. The zero-order valence-electron chi connectivity index (χ0n) is 14.4. The summed E-state index contributed by atoms with van der Waals surface area (Å²) in [6.07, 6.45) is 4.44. The lowest BCUT2D eigenvalue weighted by atomic mass is 9.70. The van der Waals surface area contributed by atoms with E-state index in [0.29, 0.717) is 27.1 Å². The lowest BCUT2D eigenvalue weighted by Crippen LogP contribution is -2.28. The van der Waals surface area contributed by atoms with Gasteiger partial charge in [0.05, 0.1) is 5.69 Å². The van der Waals surface area contributed by atoms with E-state index in [1.807, 2.05) is 0 Å². The van der Waals surface area contributed by atoms with Crippen LogP contribution in [-0.2, 0) is 12.8 Å². The van der Waals surface area contributed by atoms with E-state index >= 15 is 0 Å². The molecule has 5 heteroatoms. The predicted molar refractivity (Wildman–Crippen MR) is 101 cm³/mol. The van der Waals surface area contributed by atoms with Crippen molar-refractivity contribution in [3.63, 3.8) is 0 Å². The summed E-state index contributed by atoms with van der Waals surface area (Å²) >= 11 is 7.57. The highest BCUT2D eigenvalue weighted by molar-refractivity contribution is 7.15. The van der Waals surface area contributed by atoms with Gasteiger partial charge in [0.2, 0.25) is 0 Å². The van der Waals surface area contributed by atoms with Gasteiger partial charge in [-0.25, -0.2) is 4.98 Å². The molecule has 0 fully saturated rings. The number of fused-ring (bicyclic) bond motifs is 1. The first-order chi connectivity index (χ1) is 11.4. The van der Waals surface area contributed by atoms with Crippen LogP contribution in [0.25, 0.3) is 0 Å². The summed E-state index contributed by atoms with van der Waals surface area (Å²) in [6.45, 7) is 6.97. The van der Waals surface area contributed by atoms with Gasteiger partial charge in [0.25, 0.3) is 5.91 Å². The number of aryl methyl sites for hydroxylation is 1. The van der Waals surface area contributed by atoms with Crippen molar-refractivity contribution in [2.24, 2.45) is 11.3 Å². The summed E-state index contributed by atoms with van der Waals surface area (Å²) < 4.78 is 0. The molecular formula is C19H23ClN2OS. The lowest BCUT2D eigenvalue weighted by Gasteiger charge is -2.35. The van der Waals surface area contributed by atoms with Crippen molar-refractivity contribution in [1.29, 1.82) is 0 Å². The Labute approximate surface area is 152 Å². The number of amides is 1. The van der Waals surface area contributed by atoms with Crippen LogP contribution in [0.2, 0.25) is 5.02 Å². The summed E-state index contributed by atoms with van der Waals surface area (Å²) in [5, 5.41) is 4.18. The van der Waals surface area contributed by atoms with Crippen LogP contribution in [0.15, 0.2) is 24.3 Å². The number of hydrogen-bond donors (Lipinski definition) is 1. The number of thiazole rings is 1. The van der Waals surface area contributed by atoms with Crippen LogP contribution < -0.4 is 5.32 Å². The fourth-order valence-electron chi connectivity index (χ4n) is 3.18. The third-order valence-corrected chi connectivity index (χ3v) is 6.53. The van der Waals surface area contributed by atoms with E-state index in [2.05, 4.69) is 31.1 Å². The summed E-state index contributed by atoms with van der Waals surface area (Å²) in [6, 6.07) is 6.97. The first kappa shape index (κ1) is 17.4. The van der Waals surface area contributed by atoms with Crippen molar-refractivity contribution < 1.29 is 4.79 Å². The third-order valence-electron chi connectivity index (χ3n) is 5.26. The molecule has 2 aromatic rings. The lowest BCUT2D eigenvalue weighted by molar-refractivity contribution is 0.102. The molecule has 3 nitrogen and oxygen atoms in total. The number of anilines is 1. The van der Waals surface area contributed by atoms with Crippen LogP contribution in [0.5, 0.6) is 0 Å². The normalized spacial score (nSPS) is 17.4. The number of aromatic nitrogens is 1. The molecule has 0 spiro atoms. The van der Waals surface area contributed by atoms with E-state index in [1.165, 1.54) is 17.7 Å². The van der Waals surface area contributed by atoms with Gasteiger partial charge in [-0.15, -0.1) is 11.3 Å². The summed E-state index contributed by atoms with van der Waals surface area (Å²) in [5.41, 5.74) is 2.07. The standard InChI is InChI=1S/C19H23ClN2OS/c1-4-19(2,3)13-8-9-15-16(11-13)24-18(21-15)22-17(23)12-6-5-7-14(20)10-12/h5-7,10,13H,4,8-9,11H2,1-3H3,(H,21,22,23). The molecule has 1 heterocycles. The molecule has 1 amide bonds. The zero-order chi connectivity index (χ0) is 17.3. The second kappa shape index (κ2) is 6.85. The largest absolute Gasteiger partial charge is 0.298 e. The fraction of sp³-hybridized carbons (Fsp3) is 0.474. The summed E-state index contributed by atoms with van der Waals surface area (Å²) in [7, 11) is 0. The SMILES string of the molecule is CCC(C)(C)C1CCc2nc(NC(=O)c3cccc(Cl)c3)sc2C1. The minimum Gasteiger partial charge on any atom is -0.298 e. The van der Waals surface area contributed by atoms with Crippen LogP contribution in [-0.4, -0.2) is 10.9 Å². The van der Waals surface area contributed by atoms with E-state index in [4.69, 9.17) is 11.6 Å². The van der Waals surface area contributed by atoms with Crippen molar-refractivity contribution >= 4 is 34.0 Å². The Kier molecular flexibility index (Phi) is 4.97. The molecule has 128 valence electrons.